The van der Waals surface area contributed by atoms with Crippen molar-refractivity contribution in [2.24, 2.45) is 0 Å². The van der Waals surface area contributed by atoms with Crippen LogP contribution in [0.4, 0.5) is 0 Å². The summed E-state index contributed by atoms with van der Waals surface area (Å²) >= 11 is 0. The number of amides is 2. The number of carbonyl (C=O) groups excluding carboxylic acids is 2. The summed E-state index contributed by atoms with van der Waals surface area (Å²) in [7, 11) is 0. The van der Waals surface area contributed by atoms with E-state index in [0.717, 1.165) is 16.7 Å². The monoisotopic (exact) mass is 336 g/mol. The van der Waals surface area contributed by atoms with E-state index in [1.165, 1.54) is 6.08 Å². The van der Waals surface area contributed by atoms with E-state index in [1.807, 2.05) is 43.3 Å². The molecule has 4 heteroatoms. The van der Waals surface area contributed by atoms with E-state index in [1.54, 1.807) is 18.2 Å². The van der Waals surface area contributed by atoms with Gasteiger partial charge in [-0.05, 0) is 41.7 Å². The lowest BCUT2D eigenvalue weighted by Crippen LogP contribution is -2.40. The fourth-order valence-electron chi connectivity index (χ4n) is 2.20. The van der Waals surface area contributed by atoms with Gasteiger partial charge in [-0.25, -0.2) is 0 Å². The van der Waals surface area contributed by atoms with Crippen molar-refractivity contribution in [3.63, 3.8) is 0 Å². The van der Waals surface area contributed by atoms with Crippen molar-refractivity contribution in [1.29, 1.82) is 0 Å². The van der Waals surface area contributed by atoms with Crippen molar-refractivity contribution in [3.8, 4) is 0 Å². The first-order valence-electron chi connectivity index (χ1n) is 8.21. The molecule has 0 aliphatic rings. The maximum Gasteiger partial charge on any atom is 0.269 e. The smallest absolute Gasteiger partial charge is 0.268 e. The highest BCUT2D eigenvalue weighted by atomic mass is 16.2. The summed E-state index contributed by atoms with van der Waals surface area (Å²) in [4.78, 5) is 23.9. The predicted octanol–water partition coefficient (Wildman–Crippen LogP) is 3.77. The van der Waals surface area contributed by atoms with Gasteiger partial charge in [0, 0.05) is 11.6 Å². The molecule has 25 heavy (non-hydrogen) atoms. The van der Waals surface area contributed by atoms with Crippen LogP contribution in [0.3, 0.4) is 0 Å². The topological polar surface area (TPSA) is 58.2 Å². The van der Waals surface area contributed by atoms with Crippen LogP contribution in [0.1, 0.15) is 47.8 Å². The van der Waals surface area contributed by atoms with Gasteiger partial charge >= 0.3 is 0 Å². The van der Waals surface area contributed by atoms with Gasteiger partial charge in [-0.15, -0.1) is 0 Å². The second-order valence-electron chi connectivity index (χ2n) is 7.01. The van der Waals surface area contributed by atoms with E-state index >= 15 is 0 Å². The minimum absolute atomic E-state index is 0.0317. The van der Waals surface area contributed by atoms with Crippen molar-refractivity contribution in [1.82, 2.24) is 10.9 Å². The number of rotatable bonds is 3. The molecule has 0 spiro atoms. The van der Waals surface area contributed by atoms with Crippen LogP contribution >= 0.6 is 0 Å². The zero-order valence-electron chi connectivity index (χ0n) is 15.1. The van der Waals surface area contributed by atoms with Gasteiger partial charge < -0.3 is 0 Å². The Morgan fingerprint density at radius 1 is 0.880 bits per heavy atom. The van der Waals surface area contributed by atoms with Crippen molar-refractivity contribution in [2.45, 2.75) is 33.1 Å². The predicted molar refractivity (Wildman–Crippen MR) is 101 cm³/mol. The molecule has 0 fully saturated rings. The molecule has 0 bridgehead atoms. The van der Waals surface area contributed by atoms with Crippen molar-refractivity contribution < 1.29 is 9.59 Å². The van der Waals surface area contributed by atoms with Crippen LogP contribution in [0.5, 0.6) is 0 Å². The van der Waals surface area contributed by atoms with Gasteiger partial charge in [0.1, 0.15) is 0 Å². The Labute approximate surface area is 148 Å². The van der Waals surface area contributed by atoms with Crippen molar-refractivity contribution >= 4 is 17.9 Å². The Kier molecular flexibility index (Phi) is 5.75. The van der Waals surface area contributed by atoms with Crippen LogP contribution < -0.4 is 10.9 Å². The first-order chi connectivity index (χ1) is 11.8. The SMILES string of the molecule is Cc1ccc(/C=C/C(=O)NNC(=O)c2ccc(C(C)(C)C)cc2)cc1. The summed E-state index contributed by atoms with van der Waals surface area (Å²) in [6, 6.07) is 15.2. The molecule has 130 valence electrons. The highest BCUT2D eigenvalue weighted by molar-refractivity contribution is 5.97. The van der Waals surface area contributed by atoms with Crippen LogP contribution in [0.15, 0.2) is 54.6 Å². The van der Waals surface area contributed by atoms with Crippen LogP contribution in [0, 0.1) is 6.92 Å². The molecule has 2 rings (SSSR count). The summed E-state index contributed by atoms with van der Waals surface area (Å²) in [6.45, 7) is 8.35. The molecule has 4 nitrogen and oxygen atoms in total. The number of aryl methyl sites for hydroxylation is 1. The number of hydrogen-bond donors (Lipinski definition) is 2. The van der Waals surface area contributed by atoms with Gasteiger partial charge in [0.25, 0.3) is 11.8 Å². The number of nitrogens with one attached hydrogen (secondary N) is 2. The van der Waals surface area contributed by atoms with E-state index in [9.17, 15) is 9.59 Å². The Morgan fingerprint density at radius 2 is 1.48 bits per heavy atom. The van der Waals surface area contributed by atoms with Gasteiger partial charge in [-0.2, -0.15) is 0 Å². The van der Waals surface area contributed by atoms with Crippen molar-refractivity contribution in [3.05, 3.63) is 76.9 Å². The van der Waals surface area contributed by atoms with Gasteiger partial charge in [0.2, 0.25) is 0 Å². The van der Waals surface area contributed by atoms with E-state index in [-0.39, 0.29) is 17.2 Å². The summed E-state index contributed by atoms with van der Waals surface area (Å²) in [5.41, 5.74) is 8.55. The Morgan fingerprint density at radius 3 is 2.04 bits per heavy atom. The lowest BCUT2D eigenvalue weighted by atomic mass is 9.87. The van der Waals surface area contributed by atoms with E-state index < -0.39 is 0 Å². The quantitative estimate of drug-likeness (QED) is 0.662. The normalized spacial score (nSPS) is 11.4. The molecule has 0 aliphatic carbocycles. The standard InChI is InChI=1S/C21H24N2O2/c1-15-5-7-16(8-6-15)9-14-19(24)22-23-20(25)17-10-12-18(13-11-17)21(2,3)4/h5-14H,1-4H3,(H,22,24)(H,23,25)/b14-9+. The highest BCUT2D eigenvalue weighted by Crippen LogP contribution is 2.22. The maximum atomic E-state index is 12.1. The zero-order valence-corrected chi connectivity index (χ0v) is 15.1. The molecule has 0 aliphatic heterocycles. The molecular weight excluding hydrogens is 312 g/mol. The molecular formula is C21H24N2O2. The van der Waals surface area contributed by atoms with Crippen molar-refractivity contribution in [2.75, 3.05) is 0 Å². The van der Waals surface area contributed by atoms with Crippen LogP contribution in [0.2, 0.25) is 0 Å². The van der Waals surface area contributed by atoms with Gasteiger partial charge in [0.05, 0.1) is 0 Å². The molecule has 2 aromatic carbocycles. The Hall–Kier alpha value is -2.88. The second-order valence-corrected chi connectivity index (χ2v) is 7.01. The Balaban J connectivity index is 1.88. The summed E-state index contributed by atoms with van der Waals surface area (Å²) in [5.74, 6) is -0.738. The molecule has 0 unspecified atom stereocenters. The third-order valence-electron chi connectivity index (χ3n) is 3.82. The number of hydrogen-bond acceptors (Lipinski definition) is 2. The molecule has 0 heterocycles. The minimum Gasteiger partial charge on any atom is -0.268 e. The van der Waals surface area contributed by atoms with Crippen LogP contribution in [-0.2, 0) is 10.2 Å². The average Bonchev–Trinajstić information content (AvgIpc) is 2.58. The number of hydrazine groups is 1. The second kappa shape index (κ2) is 7.79. The summed E-state index contributed by atoms with van der Waals surface area (Å²) in [6.07, 6.45) is 3.08. The molecule has 0 radical (unpaired) electrons. The highest BCUT2D eigenvalue weighted by Gasteiger charge is 2.14. The first-order valence-corrected chi connectivity index (χ1v) is 8.21. The summed E-state index contributed by atoms with van der Waals surface area (Å²) < 4.78 is 0. The largest absolute Gasteiger partial charge is 0.269 e. The fourth-order valence-corrected chi connectivity index (χ4v) is 2.20. The Bertz CT molecular complexity index is 767. The summed E-state index contributed by atoms with van der Waals surface area (Å²) in [5, 5.41) is 0. The molecule has 2 amide bonds. The minimum atomic E-state index is -0.389. The molecule has 0 saturated heterocycles. The van der Waals surface area contributed by atoms with E-state index in [0.29, 0.717) is 5.56 Å². The molecule has 0 atom stereocenters. The maximum absolute atomic E-state index is 12.1. The fraction of sp³-hybridized carbons (Fsp3) is 0.238. The molecule has 2 aromatic rings. The molecule has 0 saturated carbocycles. The van der Waals surface area contributed by atoms with E-state index in [2.05, 4.69) is 31.6 Å². The van der Waals surface area contributed by atoms with Gasteiger partial charge in [-0.3, -0.25) is 20.4 Å². The lowest BCUT2D eigenvalue weighted by Gasteiger charge is -2.19. The van der Waals surface area contributed by atoms with Crippen LogP contribution in [0.25, 0.3) is 6.08 Å². The first kappa shape index (κ1) is 18.5. The molecule has 0 aromatic heterocycles. The van der Waals surface area contributed by atoms with Gasteiger partial charge in [0.15, 0.2) is 0 Å². The van der Waals surface area contributed by atoms with Gasteiger partial charge in [-0.1, -0.05) is 62.7 Å². The van der Waals surface area contributed by atoms with Crippen LogP contribution in [-0.4, -0.2) is 11.8 Å². The van der Waals surface area contributed by atoms with E-state index in [4.69, 9.17) is 0 Å². The third-order valence-corrected chi connectivity index (χ3v) is 3.82. The average molecular weight is 336 g/mol. The number of benzene rings is 2. The number of carbonyl (C=O) groups is 2. The zero-order chi connectivity index (χ0) is 18.4. The molecule has 2 N–H and O–H groups in total. The third kappa shape index (κ3) is 5.60. The lowest BCUT2D eigenvalue weighted by molar-refractivity contribution is -0.117.